The van der Waals surface area contributed by atoms with Crippen LogP contribution in [0.2, 0.25) is 0 Å². The van der Waals surface area contributed by atoms with Crippen molar-refractivity contribution in [3.8, 4) is 0 Å². The molecule has 0 aliphatic heterocycles. The Hall–Kier alpha value is -0.300. The number of hydrogen-bond donors (Lipinski definition) is 0. The van der Waals surface area contributed by atoms with Crippen molar-refractivity contribution in [3.05, 3.63) is 12.2 Å². The van der Waals surface area contributed by atoms with E-state index in [0.717, 1.165) is 29.6 Å². The highest BCUT2D eigenvalue weighted by molar-refractivity contribution is 4.97. The van der Waals surface area contributed by atoms with Gasteiger partial charge in [-0.15, -0.1) is 0 Å². The molecule has 0 amide bonds. The maximum absolute atomic E-state index is 5.51. The molecule has 3 rings (SSSR count). The largest absolute Gasteiger partial charge is 0.381 e. The van der Waals surface area contributed by atoms with E-state index in [0.29, 0.717) is 6.10 Å². The summed E-state index contributed by atoms with van der Waals surface area (Å²) in [5.74, 6) is 4.91. The second-order valence-corrected chi connectivity index (χ2v) is 10.1. The molecule has 0 aromatic carbocycles. The molecule has 0 unspecified atom stereocenters. The molecule has 3 aliphatic rings. The van der Waals surface area contributed by atoms with Gasteiger partial charge in [-0.05, 0) is 93.8 Å². The molecule has 156 valence electrons. The fourth-order valence-corrected chi connectivity index (χ4v) is 6.27. The van der Waals surface area contributed by atoms with Crippen molar-refractivity contribution in [1.29, 1.82) is 0 Å². The lowest BCUT2D eigenvalue weighted by atomic mass is 9.68. The van der Waals surface area contributed by atoms with Gasteiger partial charge in [0.15, 0.2) is 0 Å². The smallest absolute Gasteiger partial charge is 0.0571 e. The summed E-state index contributed by atoms with van der Waals surface area (Å²) in [5, 5.41) is 0. The van der Waals surface area contributed by atoms with Gasteiger partial charge in [-0.25, -0.2) is 0 Å². The van der Waals surface area contributed by atoms with Crippen molar-refractivity contribution in [2.24, 2.45) is 29.6 Å². The van der Waals surface area contributed by atoms with E-state index in [1.165, 1.54) is 77.0 Å². The monoisotopic (exact) mass is 374 g/mol. The van der Waals surface area contributed by atoms with E-state index < -0.39 is 0 Å². The van der Waals surface area contributed by atoms with E-state index in [1.54, 1.807) is 25.7 Å². The second kappa shape index (κ2) is 11.6. The molecule has 0 radical (unpaired) electrons. The van der Waals surface area contributed by atoms with Crippen LogP contribution in [-0.4, -0.2) is 13.2 Å². The van der Waals surface area contributed by atoms with Gasteiger partial charge in [-0.2, -0.15) is 0 Å². The summed E-state index contributed by atoms with van der Waals surface area (Å²) in [5.41, 5.74) is 0. The number of hydrogen-bond acceptors (Lipinski definition) is 1. The first-order valence-corrected chi connectivity index (χ1v) is 12.5. The van der Waals surface area contributed by atoms with E-state index in [9.17, 15) is 0 Å². The first-order chi connectivity index (χ1) is 13.3. The van der Waals surface area contributed by atoms with E-state index in [-0.39, 0.29) is 0 Å². The summed E-state index contributed by atoms with van der Waals surface area (Å²) in [6.07, 6.45) is 28.9. The summed E-state index contributed by atoms with van der Waals surface area (Å²) in [6, 6.07) is 0. The Morgan fingerprint density at radius 1 is 0.667 bits per heavy atom. The van der Waals surface area contributed by atoms with Crippen LogP contribution in [0, 0.1) is 29.6 Å². The molecule has 0 saturated heterocycles. The topological polar surface area (TPSA) is 9.23 Å². The quantitative estimate of drug-likeness (QED) is 0.309. The SMILES string of the molecule is CCCCCC1CCC(C2CCC(/C=C/C3CCC(OC)CC3)CC2)CC1. The first-order valence-electron chi connectivity index (χ1n) is 12.5. The minimum Gasteiger partial charge on any atom is -0.381 e. The maximum atomic E-state index is 5.51. The molecule has 0 bridgehead atoms. The van der Waals surface area contributed by atoms with Gasteiger partial charge in [0.25, 0.3) is 0 Å². The highest BCUT2D eigenvalue weighted by atomic mass is 16.5. The van der Waals surface area contributed by atoms with Crippen LogP contribution >= 0.6 is 0 Å². The molecule has 0 atom stereocenters. The van der Waals surface area contributed by atoms with E-state index in [4.69, 9.17) is 4.74 Å². The Morgan fingerprint density at radius 3 is 1.70 bits per heavy atom. The third-order valence-corrected chi connectivity index (χ3v) is 8.30. The molecule has 0 heterocycles. The number of allylic oxidation sites excluding steroid dienone is 2. The molecule has 1 nitrogen and oxygen atoms in total. The Morgan fingerprint density at radius 2 is 1.19 bits per heavy atom. The molecule has 0 aromatic heterocycles. The average molecular weight is 375 g/mol. The van der Waals surface area contributed by atoms with Gasteiger partial charge in [0.1, 0.15) is 0 Å². The number of rotatable bonds is 8. The summed E-state index contributed by atoms with van der Waals surface area (Å²) >= 11 is 0. The molecule has 0 aromatic rings. The van der Waals surface area contributed by atoms with Gasteiger partial charge < -0.3 is 4.74 Å². The molecule has 27 heavy (non-hydrogen) atoms. The normalized spacial score (nSPS) is 38.3. The summed E-state index contributed by atoms with van der Waals surface area (Å²) in [7, 11) is 1.87. The van der Waals surface area contributed by atoms with Gasteiger partial charge in [0.2, 0.25) is 0 Å². The van der Waals surface area contributed by atoms with Crippen molar-refractivity contribution in [2.75, 3.05) is 7.11 Å². The third-order valence-electron chi connectivity index (χ3n) is 8.30. The highest BCUT2D eigenvalue weighted by Gasteiger charge is 2.30. The molecule has 1 heteroatoms. The predicted molar refractivity (Wildman–Crippen MR) is 117 cm³/mol. The zero-order valence-corrected chi connectivity index (χ0v) is 18.3. The zero-order chi connectivity index (χ0) is 18.9. The average Bonchev–Trinajstić information content (AvgIpc) is 2.74. The Bertz CT molecular complexity index is 404. The Labute approximate surface area is 169 Å². The van der Waals surface area contributed by atoms with E-state index in [2.05, 4.69) is 19.1 Å². The van der Waals surface area contributed by atoms with Gasteiger partial charge in [0.05, 0.1) is 6.10 Å². The molecule has 3 saturated carbocycles. The molecule has 0 spiro atoms. The fourth-order valence-electron chi connectivity index (χ4n) is 6.27. The minimum atomic E-state index is 0.534. The van der Waals surface area contributed by atoms with Gasteiger partial charge in [0, 0.05) is 7.11 Å². The summed E-state index contributed by atoms with van der Waals surface area (Å²) < 4.78 is 5.51. The van der Waals surface area contributed by atoms with Crippen LogP contribution in [0.1, 0.15) is 110 Å². The van der Waals surface area contributed by atoms with E-state index in [1.807, 2.05) is 7.11 Å². The van der Waals surface area contributed by atoms with Crippen molar-refractivity contribution < 1.29 is 4.74 Å². The standard InChI is InChI=1S/C26H46O/c1-3-4-5-6-21-9-15-24(16-10-21)25-17-11-22(12-18-25)7-8-23-13-19-26(27-2)20-14-23/h7-8,21-26H,3-6,9-20H2,1-2H3/b8-7+. The van der Waals surface area contributed by atoms with Crippen molar-refractivity contribution in [2.45, 2.75) is 116 Å². The Kier molecular flexibility index (Phi) is 9.23. The lowest BCUT2D eigenvalue weighted by Crippen LogP contribution is -2.25. The lowest BCUT2D eigenvalue weighted by Gasteiger charge is -2.37. The number of ether oxygens (including phenoxy) is 1. The van der Waals surface area contributed by atoms with Crippen molar-refractivity contribution in [1.82, 2.24) is 0 Å². The zero-order valence-electron chi connectivity index (χ0n) is 18.3. The van der Waals surface area contributed by atoms with Crippen LogP contribution in [0.4, 0.5) is 0 Å². The summed E-state index contributed by atoms with van der Waals surface area (Å²) in [6.45, 7) is 2.33. The number of methoxy groups -OCH3 is 1. The third kappa shape index (κ3) is 6.91. The lowest BCUT2D eigenvalue weighted by molar-refractivity contribution is 0.0626. The van der Waals surface area contributed by atoms with Crippen molar-refractivity contribution in [3.63, 3.8) is 0 Å². The van der Waals surface area contributed by atoms with Gasteiger partial charge >= 0.3 is 0 Å². The molecule has 0 N–H and O–H groups in total. The molecule has 3 aliphatic carbocycles. The van der Waals surface area contributed by atoms with E-state index >= 15 is 0 Å². The van der Waals surface area contributed by atoms with Gasteiger partial charge in [-0.1, -0.05) is 57.6 Å². The van der Waals surface area contributed by atoms with Crippen LogP contribution in [0.25, 0.3) is 0 Å². The second-order valence-electron chi connectivity index (χ2n) is 10.1. The van der Waals surface area contributed by atoms with Crippen molar-refractivity contribution >= 4 is 0 Å². The molecule has 3 fully saturated rings. The van der Waals surface area contributed by atoms with Crippen LogP contribution < -0.4 is 0 Å². The van der Waals surface area contributed by atoms with Gasteiger partial charge in [-0.3, -0.25) is 0 Å². The minimum absolute atomic E-state index is 0.534. The first kappa shape index (κ1) is 21.4. The van der Waals surface area contributed by atoms with Crippen LogP contribution in [-0.2, 0) is 4.74 Å². The molecular weight excluding hydrogens is 328 g/mol. The number of unbranched alkanes of at least 4 members (excludes halogenated alkanes) is 2. The fraction of sp³-hybridized carbons (Fsp3) is 0.923. The molecular formula is C26H46O. The van der Waals surface area contributed by atoms with Crippen LogP contribution in [0.3, 0.4) is 0 Å². The van der Waals surface area contributed by atoms with Crippen LogP contribution in [0.15, 0.2) is 12.2 Å². The predicted octanol–water partition coefficient (Wildman–Crippen LogP) is 7.94. The summed E-state index contributed by atoms with van der Waals surface area (Å²) in [4.78, 5) is 0. The highest BCUT2D eigenvalue weighted by Crippen LogP contribution is 2.42. The van der Waals surface area contributed by atoms with Crippen LogP contribution in [0.5, 0.6) is 0 Å². The maximum Gasteiger partial charge on any atom is 0.0571 e. The Balaban J connectivity index is 1.31.